The van der Waals surface area contributed by atoms with Crippen LogP contribution < -0.4 is 10.5 Å². The summed E-state index contributed by atoms with van der Waals surface area (Å²) in [6.45, 7) is 1.81. The van der Waals surface area contributed by atoms with E-state index in [1.54, 1.807) is 6.92 Å². The van der Waals surface area contributed by atoms with E-state index >= 15 is 0 Å². The average Bonchev–Trinajstić information content (AvgIpc) is 2.17. The number of carbonyl (C=O) groups is 1. The Labute approximate surface area is 92.5 Å². The summed E-state index contributed by atoms with van der Waals surface area (Å²) in [5, 5.41) is 0. The van der Waals surface area contributed by atoms with Gasteiger partial charge in [-0.2, -0.15) is 0 Å². The van der Waals surface area contributed by atoms with Crippen LogP contribution in [0.15, 0.2) is 23.1 Å². The summed E-state index contributed by atoms with van der Waals surface area (Å²) >= 11 is 0. The number of primary amides is 1. The molecule has 5 nitrogen and oxygen atoms in total. The molecule has 7 heteroatoms. The number of halogens is 1. The number of hydrogen-bond acceptors (Lipinski definition) is 3. The molecule has 1 amide bonds. The predicted octanol–water partition coefficient (Wildman–Crippen LogP) is 0.223. The lowest BCUT2D eigenvalue weighted by Crippen LogP contribution is -2.24. The largest absolute Gasteiger partial charge is 0.366 e. The second kappa shape index (κ2) is 4.58. The van der Waals surface area contributed by atoms with E-state index in [9.17, 15) is 17.6 Å². The van der Waals surface area contributed by atoms with Crippen LogP contribution in [0.1, 0.15) is 17.3 Å². The summed E-state index contributed by atoms with van der Waals surface area (Å²) in [4.78, 5) is 10.6. The van der Waals surface area contributed by atoms with Gasteiger partial charge in [0.1, 0.15) is 5.82 Å². The fourth-order valence-electron chi connectivity index (χ4n) is 1.13. The minimum atomic E-state index is -3.71. The van der Waals surface area contributed by atoms with Crippen LogP contribution in [0.2, 0.25) is 0 Å². The SMILES string of the molecule is CCNS(=O)(=O)c1ccc(F)c(C(N)=O)c1. The lowest BCUT2D eigenvalue weighted by molar-refractivity contribution is 0.0996. The first-order valence-corrected chi connectivity index (χ1v) is 5.96. The van der Waals surface area contributed by atoms with Crippen molar-refractivity contribution >= 4 is 15.9 Å². The van der Waals surface area contributed by atoms with Crippen LogP contribution in [0.4, 0.5) is 4.39 Å². The number of benzene rings is 1. The van der Waals surface area contributed by atoms with Crippen LogP contribution in [0.3, 0.4) is 0 Å². The van der Waals surface area contributed by atoms with E-state index in [2.05, 4.69) is 4.72 Å². The molecular weight excluding hydrogens is 235 g/mol. The number of nitrogens with one attached hydrogen (secondary N) is 1. The molecule has 0 bridgehead atoms. The third-order valence-electron chi connectivity index (χ3n) is 1.85. The van der Waals surface area contributed by atoms with E-state index in [0.29, 0.717) is 0 Å². The summed E-state index contributed by atoms with van der Waals surface area (Å²) < 4.78 is 38.4. The van der Waals surface area contributed by atoms with Gasteiger partial charge in [-0.05, 0) is 18.2 Å². The number of carbonyl (C=O) groups excluding carboxylic acids is 1. The van der Waals surface area contributed by atoms with Gasteiger partial charge >= 0.3 is 0 Å². The van der Waals surface area contributed by atoms with Crippen molar-refractivity contribution in [1.82, 2.24) is 4.72 Å². The molecule has 0 heterocycles. The van der Waals surface area contributed by atoms with Gasteiger partial charge in [-0.15, -0.1) is 0 Å². The van der Waals surface area contributed by atoms with Gasteiger partial charge in [-0.3, -0.25) is 4.79 Å². The van der Waals surface area contributed by atoms with E-state index < -0.39 is 27.3 Å². The highest BCUT2D eigenvalue weighted by molar-refractivity contribution is 7.89. The summed E-state index contributed by atoms with van der Waals surface area (Å²) in [7, 11) is -3.71. The first-order chi connectivity index (χ1) is 7.38. The third-order valence-corrected chi connectivity index (χ3v) is 3.39. The normalized spacial score (nSPS) is 11.4. The molecule has 88 valence electrons. The van der Waals surface area contributed by atoms with Crippen LogP contribution in [0.5, 0.6) is 0 Å². The highest BCUT2D eigenvalue weighted by Crippen LogP contribution is 2.14. The van der Waals surface area contributed by atoms with Crippen molar-refractivity contribution in [1.29, 1.82) is 0 Å². The Bertz CT molecular complexity index is 513. The lowest BCUT2D eigenvalue weighted by Gasteiger charge is -2.06. The summed E-state index contributed by atoms with van der Waals surface area (Å²) in [5.74, 6) is -1.85. The van der Waals surface area contributed by atoms with Gasteiger partial charge < -0.3 is 5.73 Å². The second-order valence-electron chi connectivity index (χ2n) is 3.01. The van der Waals surface area contributed by atoms with Gasteiger partial charge in [0.2, 0.25) is 10.0 Å². The number of hydrogen-bond donors (Lipinski definition) is 2. The molecule has 0 saturated heterocycles. The molecule has 16 heavy (non-hydrogen) atoms. The van der Waals surface area contributed by atoms with Crippen LogP contribution in [-0.2, 0) is 10.0 Å². The Kier molecular flexibility index (Phi) is 3.61. The molecule has 0 aliphatic rings. The van der Waals surface area contributed by atoms with Gasteiger partial charge in [-0.25, -0.2) is 17.5 Å². The minimum absolute atomic E-state index is 0.190. The first kappa shape index (κ1) is 12.6. The molecule has 0 aliphatic carbocycles. The molecule has 3 N–H and O–H groups in total. The van der Waals surface area contributed by atoms with Crippen molar-refractivity contribution in [2.24, 2.45) is 5.73 Å². The van der Waals surface area contributed by atoms with E-state index in [-0.39, 0.29) is 11.4 Å². The average molecular weight is 246 g/mol. The number of sulfonamides is 1. The van der Waals surface area contributed by atoms with Crippen LogP contribution in [0, 0.1) is 5.82 Å². The van der Waals surface area contributed by atoms with Crippen molar-refractivity contribution < 1.29 is 17.6 Å². The fraction of sp³-hybridized carbons (Fsp3) is 0.222. The molecule has 0 aromatic heterocycles. The standard InChI is InChI=1S/C9H11FN2O3S/c1-2-12-16(14,15)6-3-4-8(10)7(5-6)9(11)13/h3-5,12H,2H2,1H3,(H2,11,13). The Balaban J connectivity index is 3.28. The number of amides is 1. The van der Waals surface area contributed by atoms with E-state index in [4.69, 9.17) is 5.73 Å². The molecule has 1 rings (SSSR count). The lowest BCUT2D eigenvalue weighted by atomic mass is 10.2. The van der Waals surface area contributed by atoms with Gasteiger partial charge in [0.15, 0.2) is 0 Å². The molecule has 0 aliphatic heterocycles. The Morgan fingerprint density at radius 3 is 2.62 bits per heavy atom. The van der Waals surface area contributed by atoms with Crippen molar-refractivity contribution in [3.8, 4) is 0 Å². The molecule has 0 fully saturated rings. The zero-order valence-electron chi connectivity index (χ0n) is 8.53. The van der Waals surface area contributed by atoms with E-state index in [1.165, 1.54) is 0 Å². The van der Waals surface area contributed by atoms with Crippen molar-refractivity contribution in [3.63, 3.8) is 0 Å². The van der Waals surface area contributed by atoms with Gasteiger partial charge in [0.05, 0.1) is 10.5 Å². The highest BCUT2D eigenvalue weighted by atomic mass is 32.2. The Morgan fingerprint density at radius 2 is 2.12 bits per heavy atom. The predicted molar refractivity (Wildman–Crippen MR) is 55.8 cm³/mol. The molecular formula is C9H11FN2O3S. The van der Waals surface area contributed by atoms with Crippen molar-refractivity contribution in [2.45, 2.75) is 11.8 Å². The maximum atomic E-state index is 13.1. The topological polar surface area (TPSA) is 89.3 Å². The molecule has 0 atom stereocenters. The van der Waals surface area contributed by atoms with Crippen molar-refractivity contribution in [3.05, 3.63) is 29.6 Å². The molecule has 0 spiro atoms. The number of rotatable bonds is 4. The highest BCUT2D eigenvalue weighted by Gasteiger charge is 2.17. The number of nitrogens with two attached hydrogens (primary N) is 1. The molecule has 0 saturated carbocycles. The summed E-state index contributed by atoms with van der Waals surface area (Å²) in [5.41, 5.74) is 4.46. The van der Waals surface area contributed by atoms with Crippen molar-refractivity contribution in [2.75, 3.05) is 6.54 Å². The molecule has 0 unspecified atom stereocenters. The maximum Gasteiger partial charge on any atom is 0.251 e. The molecule has 0 radical (unpaired) electrons. The van der Waals surface area contributed by atoms with Gasteiger partial charge in [0.25, 0.3) is 5.91 Å². The zero-order chi connectivity index (χ0) is 12.3. The zero-order valence-corrected chi connectivity index (χ0v) is 9.34. The third kappa shape index (κ3) is 2.56. The van der Waals surface area contributed by atoms with Crippen LogP contribution in [0.25, 0.3) is 0 Å². The second-order valence-corrected chi connectivity index (χ2v) is 4.77. The fourth-order valence-corrected chi connectivity index (χ4v) is 2.20. The van der Waals surface area contributed by atoms with Crippen LogP contribution >= 0.6 is 0 Å². The summed E-state index contributed by atoms with van der Waals surface area (Å²) in [6, 6.07) is 2.87. The van der Waals surface area contributed by atoms with E-state index in [1.807, 2.05) is 0 Å². The summed E-state index contributed by atoms with van der Waals surface area (Å²) in [6.07, 6.45) is 0. The van der Waals surface area contributed by atoms with E-state index in [0.717, 1.165) is 18.2 Å². The molecule has 1 aromatic rings. The monoisotopic (exact) mass is 246 g/mol. The quantitative estimate of drug-likeness (QED) is 0.796. The van der Waals surface area contributed by atoms with Gasteiger partial charge in [-0.1, -0.05) is 6.92 Å². The van der Waals surface area contributed by atoms with Gasteiger partial charge in [0, 0.05) is 6.54 Å². The Morgan fingerprint density at radius 1 is 1.50 bits per heavy atom. The smallest absolute Gasteiger partial charge is 0.251 e. The Hall–Kier alpha value is -1.47. The maximum absolute atomic E-state index is 13.1. The van der Waals surface area contributed by atoms with Crippen LogP contribution in [-0.4, -0.2) is 20.9 Å². The minimum Gasteiger partial charge on any atom is -0.366 e. The molecule has 1 aromatic carbocycles. The first-order valence-electron chi connectivity index (χ1n) is 4.47.